The number of rotatable bonds is 12. The summed E-state index contributed by atoms with van der Waals surface area (Å²) in [5, 5.41) is 9.64. The van der Waals surface area contributed by atoms with Gasteiger partial charge in [-0.2, -0.15) is 0 Å². The summed E-state index contributed by atoms with van der Waals surface area (Å²) >= 11 is 0. The van der Waals surface area contributed by atoms with Crippen LogP contribution in [0.25, 0.3) is 0 Å². The fraction of sp³-hybridized carbons (Fsp3) is 0.923. The Kier molecular flexibility index (Phi) is 12.4. The highest BCUT2D eigenvalue weighted by Gasteiger charge is 2.30. The van der Waals surface area contributed by atoms with Gasteiger partial charge in [0.1, 0.15) is 11.2 Å². The molecule has 0 unspecified atom stereocenters. The molecule has 0 aliphatic rings. The molecule has 8 nitrogen and oxygen atoms in total. The number of carbonyl (C=O) groups excluding carboxylic acids is 2. The van der Waals surface area contributed by atoms with Crippen LogP contribution in [-0.4, -0.2) is 96.1 Å². The van der Waals surface area contributed by atoms with Crippen LogP contribution in [0, 0.1) is 10.8 Å². The maximum atomic E-state index is 12.9. The molecular formula is C26H53N3O5. The number of aliphatic hydroxyl groups excluding tert-OH is 1. The van der Waals surface area contributed by atoms with Gasteiger partial charge >= 0.3 is 12.2 Å². The van der Waals surface area contributed by atoms with Gasteiger partial charge in [-0.1, -0.05) is 27.7 Å². The lowest BCUT2D eigenvalue weighted by molar-refractivity contribution is 0.0125. The molecule has 0 spiro atoms. The summed E-state index contributed by atoms with van der Waals surface area (Å²) in [6.07, 6.45) is 0.115. The maximum Gasteiger partial charge on any atom is 0.410 e. The fourth-order valence-electron chi connectivity index (χ4n) is 4.08. The summed E-state index contributed by atoms with van der Waals surface area (Å²) in [5.74, 6) is 0. The number of hydrogen-bond donors (Lipinski definition) is 1. The average molecular weight is 488 g/mol. The van der Waals surface area contributed by atoms with E-state index in [1.165, 1.54) is 0 Å². The van der Waals surface area contributed by atoms with Crippen molar-refractivity contribution >= 4 is 12.2 Å². The van der Waals surface area contributed by atoms with Crippen molar-refractivity contribution in [2.45, 2.75) is 93.8 Å². The summed E-state index contributed by atoms with van der Waals surface area (Å²) in [6.45, 7) is 24.8. The first-order valence-corrected chi connectivity index (χ1v) is 12.5. The molecule has 0 rings (SSSR count). The lowest BCUT2D eigenvalue weighted by Crippen LogP contribution is -2.47. The van der Waals surface area contributed by atoms with E-state index in [9.17, 15) is 14.7 Å². The Morgan fingerprint density at radius 3 is 1.53 bits per heavy atom. The Morgan fingerprint density at radius 2 is 1.12 bits per heavy atom. The number of carbonyl (C=O) groups is 2. The van der Waals surface area contributed by atoms with Crippen LogP contribution in [0.5, 0.6) is 0 Å². The summed E-state index contributed by atoms with van der Waals surface area (Å²) in [7, 11) is 2.04. The molecule has 2 amide bonds. The van der Waals surface area contributed by atoms with E-state index < -0.39 is 11.2 Å². The molecule has 0 aromatic carbocycles. The predicted molar refractivity (Wildman–Crippen MR) is 138 cm³/mol. The Balaban J connectivity index is 5.20. The smallest absolute Gasteiger partial charge is 0.410 e. The van der Waals surface area contributed by atoms with Gasteiger partial charge < -0.3 is 29.3 Å². The van der Waals surface area contributed by atoms with Crippen molar-refractivity contribution in [3.63, 3.8) is 0 Å². The highest BCUT2D eigenvalue weighted by Crippen LogP contribution is 2.33. The second-order valence-corrected chi connectivity index (χ2v) is 12.9. The standard InChI is InChI=1S/C26H53N3O5/c1-13-28(21(31)33-23(2,3)4)16-17-29(22(32)34-24(5,6)7)15-14-27(12)19-25(8,9)18-26(10,11)20-30/h30H,13-20H2,1-12H3. The van der Waals surface area contributed by atoms with E-state index in [1.807, 2.05) is 55.5 Å². The number of aliphatic hydroxyl groups is 1. The molecule has 0 aromatic rings. The van der Waals surface area contributed by atoms with Crippen LogP contribution in [0.2, 0.25) is 0 Å². The number of amides is 2. The van der Waals surface area contributed by atoms with Crippen molar-refractivity contribution in [3.8, 4) is 0 Å². The van der Waals surface area contributed by atoms with E-state index in [-0.39, 0.29) is 29.6 Å². The predicted octanol–water partition coefficient (Wildman–Crippen LogP) is 4.85. The van der Waals surface area contributed by atoms with Crippen LogP contribution in [0.4, 0.5) is 9.59 Å². The van der Waals surface area contributed by atoms with Gasteiger partial charge in [0.15, 0.2) is 0 Å². The van der Waals surface area contributed by atoms with Crippen LogP contribution in [-0.2, 0) is 9.47 Å². The van der Waals surface area contributed by atoms with Crippen LogP contribution >= 0.6 is 0 Å². The SMILES string of the molecule is CCN(CCN(CCN(C)CC(C)(C)CC(C)(C)CO)C(=O)OC(C)(C)C)C(=O)OC(C)(C)C. The molecule has 0 saturated carbocycles. The third-order valence-electron chi connectivity index (χ3n) is 5.16. The second kappa shape index (κ2) is 13.0. The molecule has 0 fully saturated rings. The Bertz CT molecular complexity index is 635. The van der Waals surface area contributed by atoms with Crippen molar-refractivity contribution in [1.29, 1.82) is 0 Å². The Labute approximate surface area is 208 Å². The van der Waals surface area contributed by atoms with Crippen molar-refractivity contribution in [1.82, 2.24) is 14.7 Å². The van der Waals surface area contributed by atoms with E-state index in [2.05, 4.69) is 32.6 Å². The minimum absolute atomic E-state index is 0.00739. The molecule has 202 valence electrons. The number of ether oxygens (including phenoxy) is 2. The van der Waals surface area contributed by atoms with E-state index in [4.69, 9.17) is 9.47 Å². The number of likely N-dealkylation sites (N-methyl/N-ethyl adjacent to an activating group) is 2. The minimum atomic E-state index is -0.602. The lowest BCUT2D eigenvalue weighted by Gasteiger charge is -2.37. The topological polar surface area (TPSA) is 82.5 Å². The third-order valence-corrected chi connectivity index (χ3v) is 5.16. The largest absolute Gasteiger partial charge is 0.444 e. The highest BCUT2D eigenvalue weighted by molar-refractivity contribution is 5.69. The first-order chi connectivity index (χ1) is 15.2. The van der Waals surface area contributed by atoms with Crippen LogP contribution in [0.15, 0.2) is 0 Å². The van der Waals surface area contributed by atoms with Crippen molar-refractivity contribution in [3.05, 3.63) is 0 Å². The molecule has 0 aromatic heterocycles. The van der Waals surface area contributed by atoms with Crippen molar-refractivity contribution in [2.75, 3.05) is 52.9 Å². The number of hydrogen-bond acceptors (Lipinski definition) is 6. The Morgan fingerprint density at radius 1 is 0.706 bits per heavy atom. The van der Waals surface area contributed by atoms with E-state index in [0.29, 0.717) is 32.7 Å². The quantitative estimate of drug-likeness (QED) is 0.424. The zero-order chi connectivity index (χ0) is 27.0. The van der Waals surface area contributed by atoms with E-state index >= 15 is 0 Å². The zero-order valence-electron chi connectivity index (χ0n) is 24.1. The molecule has 0 aliphatic carbocycles. The van der Waals surface area contributed by atoms with Gasteiger partial charge in [-0.05, 0) is 72.8 Å². The van der Waals surface area contributed by atoms with Gasteiger partial charge in [-0.3, -0.25) is 0 Å². The lowest BCUT2D eigenvalue weighted by atomic mass is 9.75. The normalized spacial score (nSPS) is 13.1. The molecule has 0 heterocycles. The summed E-state index contributed by atoms with van der Waals surface area (Å²) in [6, 6.07) is 0. The minimum Gasteiger partial charge on any atom is -0.444 e. The molecule has 0 bridgehead atoms. The molecule has 34 heavy (non-hydrogen) atoms. The van der Waals surface area contributed by atoms with Gasteiger partial charge in [0.05, 0.1) is 0 Å². The van der Waals surface area contributed by atoms with E-state index in [0.717, 1.165) is 13.0 Å². The molecule has 0 saturated heterocycles. The first-order valence-electron chi connectivity index (χ1n) is 12.5. The third kappa shape index (κ3) is 14.7. The zero-order valence-corrected chi connectivity index (χ0v) is 24.1. The maximum absolute atomic E-state index is 12.9. The van der Waals surface area contributed by atoms with Crippen LogP contribution < -0.4 is 0 Å². The van der Waals surface area contributed by atoms with Crippen LogP contribution in [0.1, 0.15) is 82.6 Å². The Hall–Kier alpha value is -1.54. The second-order valence-electron chi connectivity index (χ2n) is 12.9. The summed E-state index contributed by atoms with van der Waals surface area (Å²) in [4.78, 5) is 30.9. The summed E-state index contributed by atoms with van der Waals surface area (Å²) in [5.41, 5.74) is -1.31. The molecule has 0 radical (unpaired) electrons. The van der Waals surface area contributed by atoms with Crippen LogP contribution in [0.3, 0.4) is 0 Å². The number of nitrogens with zero attached hydrogens (tertiary/aromatic N) is 3. The average Bonchev–Trinajstić information content (AvgIpc) is 2.60. The van der Waals surface area contributed by atoms with Gasteiger partial charge in [0.2, 0.25) is 0 Å². The monoisotopic (exact) mass is 487 g/mol. The van der Waals surface area contributed by atoms with Crippen molar-refractivity contribution in [2.24, 2.45) is 10.8 Å². The molecule has 0 atom stereocenters. The van der Waals surface area contributed by atoms with Gasteiger partial charge in [-0.15, -0.1) is 0 Å². The highest BCUT2D eigenvalue weighted by atomic mass is 16.6. The molecular weight excluding hydrogens is 434 g/mol. The molecule has 1 N–H and O–H groups in total. The van der Waals surface area contributed by atoms with Gasteiger partial charge in [0, 0.05) is 45.9 Å². The van der Waals surface area contributed by atoms with Gasteiger partial charge in [-0.25, -0.2) is 9.59 Å². The van der Waals surface area contributed by atoms with Gasteiger partial charge in [0.25, 0.3) is 0 Å². The fourth-order valence-corrected chi connectivity index (χ4v) is 4.08. The van der Waals surface area contributed by atoms with Crippen molar-refractivity contribution < 1.29 is 24.2 Å². The molecule has 0 aliphatic heterocycles. The first kappa shape index (κ1) is 32.5. The summed E-state index contributed by atoms with van der Waals surface area (Å²) < 4.78 is 11.1. The van der Waals surface area contributed by atoms with E-state index in [1.54, 1.807) is 9.80 Å². The molecule has 8 heteroatoms.